The normalized spacial score (nSPS) is 14.5. The fourth-order valence-electron chi connectivity index (χ4n) is 3.92. The van der Waals surface area contributed by atoms with Gasteiger partial charge >= 0.3 is 0 Å². The molecule has 0 N–H and O–H groups in total. The molecule has 0 bridgehead atoms. The molecule has 164 valence electrons. The summed E-state index contributed by atoms with van der Waals surface area (Å²) in [7, 11) is 1.60. The van der Waals surface area contributed by atoms with Gasteiger partial charge in [0.1, 0.15) is 11.8 Å². The summed E-state index contributed by atoms with van der Waals surface area (Å²) >= 11 is 5.99. The van der Waals surface area contributed by atoms with Gasteiger partial charge in [-0.2, -0.15) is 5.10 Å². The summed E-state index contributed by atoms with van der Waals surface area (Å²) in [4.78, 5) is 13.2. The minimum Gasteiger partial charge on any atom is -0.493 e. The van der Waals surface area contributed by atoms with Crippen LogP contribution in [0.15, 0.2) is 65.8 Å². The fourth-order valence-corrected chi connectivity index (χ4v) is 4.05. The molecule has 5 rings (SSSR count). The van der Waals surface area contributed by atoms with E-state index in [9.17, 15) is 4.79 Å². The van der Waals surface area contributed by atoms with E-state index in [0.29, 0.717) is 40.3 Å². The van der Waals surface area contributed by atoms with Crippen molar-refractivity contribution in [2.75, 3.05) is 13.7 Å². The Morgan fingerprint density at radius 1 is 1.09 bits per heavy atom. The van der Waals surface area contributed by atoms with Crippen molar-refractivity contribution in [2.45, 2.75) is 19.8 Å². The Kier molecular flexibility index (Phi) is 5.39. The van der Waals surface area contributed by atoms with E-state index in [4.69, 9.17) is 21.1 Å². The van der Waals surface area contributed by atoms with E-state index in [1.165, 1.54) is 23.7 Å². The number of methoxy groups -OCH3 is 1. The number of benzene rings is 2. The highest BCUT2D eigenvalue weighted by Gasteiger charge is 2.28. The van der Waals surface area contributed by atoms with Crippen LogP contribution in [0.25, 0.3) is 22.3 Å². The number of ether oxygens (including phenoxy) is 2. The first kappa shape index (κ1) is 20.6. The van der Waals surface area contributed by atoms with Crippen LogP contribution in [-0.2, 0) is 0 Å². The second-order valence-corrected chi connectivity index (χ2v) is 8.77. The van der Waals surface area contributed by atoms with Gasteiger partial charge in [0, 0.05) is 22.8 Å². The van der Waals surface area contributed by atoms with Crippen molar-refractivity contribution in [3.05, 3.63) is 76.4 Å². The quantitative estimate of drug-likeness (QED) is 0.387. The molecular formula is C25H24ClN3O3. The standard InChI is InChI=1S/C25H24ClN3O3/c1-16(17-3-4-17)14-32-23-10-9-21(12-24(23)31-2)28-15-27-29-13-19(11-22(29)25(28)30)18-5-7-20(26)8-6-18/h5-13,15-17H,3-4,14H2,1-2H3. The highest BCUT2D eigenvalue weighted by Crippen LogP contribution is 2.37. The monoisotopic (exact) mass is 449 g/mol. The summed E-state index contributed by atoms with van der Waals surface area (Å²) in [6.45, 7) is 2.88. The van der Waals surface area contributed by atoms with Crippen LogP contribution in [0, 0.1) is 11.8 Å². The third kappa shape index (κ3) is 3.98. The Labute approximate surface area is 191 Å². The van der Waals surface area contributed by atoms with Crippen LogP contribution < -0.4 is 15.0 Å². The van der Waals surface area contributed by atoms with Crippen LogP contribution in [0.2, 0.25) is 5.02 Å². The molecule has 7 heteroatoms. The Morgan fingerprint density at radius 3 is 2.59 bits per heavy atom. The maximum absolute atomic E-state index is 13.2. The largest absolute Gasteiger partial charge is 0.493 e. The summed E-state index contributed by atoms with van der Waals surface area (Å²) < 4.78 is 14.6. The third-order valence-corrected chi connectivity index (χ3v) is 6.31. The van der Waals surface area contributed by atoms with Gasteiger partial charge in [0.2, 0.25) is 0 Å². The van der Waals surface area contributed by atoms with Gasteiger partial charge in [0.25, 0.3) is 5.56 Å². The topological polar surface area (TPSA) is 57.8 Å². The van der Waals surface area contributed by atoms with Crippen LogP contribution in [0.5, 0.6) is 11.5 Å². The maximum atomic E-state index is 13.2. The highest BCUT2D eigenvalue weighted by atomic mass is 35.5. The van der Waals surface area contributed by atoms with Crippen molar-refractivity contribution in [1.82, 2.24) is 14.2 Å². The number of rotatable bonds is 7. The molecule has 0 aliphatic heterocycles. The van der Waals surface area contributed by atoms with Crippen LogP contribution in [0.4, 0.5) is 0 Å². The number of hydrogen-bond acceptors (Lipinski definition) is 4. The van der Waals surface area contributed by atoms with E-state index < -0.39 is 0 Å². The number of aromatic nitrogens is 3. The molecule has 1 fully saturated rings. The van der Waals surface area contributed by atoms with Crippen LogP contribution >= 0.6 is 11.6 Å². The number of halogens is 1. The van der Waals surface area contributed by atoms with Gasteiger partial charge in [0.15, 0.2) is 11.5 Å². The predicted molar refractivity (Wildman–Crippen MR) is 125 cm³/mol. The number of nitrogens with zero attached hydrogens (tertiary/aromatic N) is 3. The molecule has 0 amide bonds. The van der Waals surface area contributed by atoms with Gasteiger partial charge in [-0.15, -0.1) is 0 Å². The zero-order valence-electron chi connectivity index (χ0n) is 18.0. The van der Waals surface area contributed by atoms with Crippen LogP contribution in [0.1, 0.15) is 19.8 Å². The van der Waals surface area contributed by atoms with Crippen LogP contribution in [-0.4, -0.2) is 27.9 Å². The zero-order chi connectivity index (χ0) is 22.2. The maximum Gasteiger partial charge on any atom is 0.282 e. The Balaban J connectivity index is 1.46. The van der Waals surface area contributed by atoms with Crippen molar-refractivity contribution in [2.24, 2.45) is 11.8 Å². The van der Waals surface area contributed by atoms with Crippen molar-refractivity contribution in [3.63, 3.8) is 0 Å². The molecule has 6 nitrogen and oxygen atoms in total. The molecule has 2 heterocycles. The molecule has 0 saturated heterocycles. The molecule has 0 radical (unpaired) electrons. The van der Waals surface area contributed by atoms with E-state index in [-0.39, 0.29) is 5.56 Å². The smallest absolute Gasteiger partial charge is 0.282 e. The predicted octanol–water partition coefficient (Wildman–Crippen LogP) is 5.24. The third-order valence-electron chi connectivity index (χ3n) is 6.06. The fraction of sp³-hybridized carbons (Fsp3) is 0.280. The van der Waals surface area contributed by atoms with E-state index in [2.05, 4.69) is 12.0 Å². The van der Waals surface area contributed by atoms with Gasteiger partial charge in [-0.05, 0) is 60.6 Å². The van der Waals surface area contributed by atoms with E-state index in [0.717, 1.165) is 17.0 Å². The second kappa shape index (κ2) is 8.36. The van der Waals surface area contributed by atoms with Gasteiger partial charge < -0.3 is 9.47 Å². The molecule has 1 unspecified atom stereocenters. The summed E-state index contributed by atoms with van der Waals surface area (Å²) in [5.41, 5.74) is 2.84. The van der Waals surface area contributed by atoms with Crippen LogP contribution in [0.3, 0.4) is 0 Å². The SMILES string of the molecule is COc1cc(-n2cnn3cc(-c4ccc(Cl)cc4)cc3c2=O)ccc1OCC(C)C1CC1. The molecule has 0 spiro atoms. The number of fused-ring (bicyclic) bond motifs is 1. The van der Waals surface area contributed by atoms with E-state index >= 15 is 0 Å². The summed E-state index contributed by atoms with van der Waals surface area (Å²) in [6.07, 6.45) is 5.94. The summed E-state index contributed by atoms with van der Waals surface area (Å²) in [6, 6.07) is 14.8. The van der Waals surface area contributed by atoms with E-state index in [1.54, 1.807) is 17.7 Å². The second-order valence-electron chi connectivity index (χ2n) is 8.33. The molecular weight excluding hydrogens is 426 g/mol. The lowest BCUT2D eigenvalue weighted by Gasteiger charge is -2.16. The summed E-state index contributed by atoms with van der Waals surface area (Å²) in [5, 5.41) is 5.10. The Hall–Kier alpha value is -3.25. The Bertz CT molecular complexity index is 1320. The molecule has 1 aliphatic rings. The minimum absolute atomic E-state index is 0.168. The Morgan fingerprint density at radius 2 is 1.88 bits per heavy atom. The molecule has 1 atom stereocenters. The molecule has 1 saturated carbocycles. The zero-order valence-corrected chi connectivity index (χ0v) is 18.7. The molecule has 2 aromatic carbocycles. The lowest BCUT2D eigenvalue weighted by Crippen LogP contribution is -2.21. The first-order chi connectivity index (χ1) is 15.5. The highest BCUT2D eigenvalue weighted by molar-refractivity contribution is 6.30. The molecule has 4 aromatic rings. The van der Waals surface area contributed by atoms with Gasteiger partial charge in [0.05, 0.1) is 19.4 Å². The summed E-state index contributed by atoms with van der Waals surface area (Å²) in [5.74, 6) is 2.57. The van der Waals surface area contributed by atoms with Gasteiger partial charge in [-0.1, -0.05) is 30.7 Å². The van der Waals surface area contributed by atoms with Gasteiger partial charge in [-0.3, -0.25) is 9.36 Å². The average molecular weight is 450 g/mol. The molecule has 32 heavy (non-hydrogen) atoms. The lowest BCUT2D eigenvalue weighted by atomic mass is 10.1. The van der Waals surface area contributed by atoms with Crippen molar-refractivity contribution < 1.29 is 9.47 Å². The van der Waals surface area contributed by atoms with Crippen molar-refractivity contribution in [1.29, 1.82) is 0 Å². The minimum atomic E-state index is -0.168. The van der Waals surface area contributed by atoms with Crippen molar-refractivity contribution >= 4 is 17.1 Å². The van der Waals surface area contributed by atoms with Gasteiger partial charge in [-0.25, -0.2) is 4.52 Å². The lowest BCUT2D eigenvalue weighted by molar-refractivity contribution is 0.234. The van der Waals surface area contributed by atoms with E-state index in [1.807, 2.05) is 48.7 Å². The first-order valence-electron chi connectivity index (χ1n) is 10.7. The molecule has 2 aromatic heterocycles. The molecule has 1 aliphatic carbocycles. The van der Waals surface area contributed by atoms with Crippen molar-refractivity contribution in [3.8, 4) is 28.3 Å². The first-order valence-corrected chi connectivity index (χ1v) is 11.1. The average Bonchev–Trinajstić information content (AvgIpc) is 3.57. The number of hydrogen-bond donors (Lipinski definition) is 0.